The largest absolute Gasteiger partial charge is 0.491 e. The molecule has 10 heteroatoms. The summed E-state index contributed by atoms with van der Waals surface area (Å²) in [5, 5.41) is 2.43. The normalized spacial score (nSPS) is 11.1. The number of fused-ring (bicyclic) bond motifs is 1. The molecule has 0 aliphatic rings. The van der Waals surface area contributed by atoms with Gasteiger partial charge in [-0.1, -0.05) is 24.6 Å². The van der Waals surface area contributed by atoms with Crippen molar-refractivity contribution < 1.29 is 31.5 Å². The number of aromatic nitrogens is 1. The van der Waals surface area contributed by atoms with E-state index in [1.54, 1.807) is 6.07 Å². The number of carbonyl (C=O) groups excluding carboxylic acids is 1. The van der Waals surface area contributed by atoms with Crippen molar-refractivity contribution in [3.8, 4) is 17.2 Å². The van der Waals surface area contributed by atoms with Crippen LogP contribution in [-0.2, 0) is 6.42 Å². The number of nitrogens with zero attached hydrogens (tertiary/aromatic N) is 1. The maximum Gasteiger partial charge on any atom is 0.261 e. The molecule has 0 radical (unpaired) electrons. The number of oxazole rings is 1. The topological polar surface area (TPSA) is 64.4 Å². The molecule has 1 aromatic heterocycles. The van der Waals surface area contributed by atoms with Gasteiger partial charge in [0.25, 0.3) is 5.91 Å². The number of amides is 1. The van der Waals surface area contributed by atoms with Gasteiger partial charge in [-0.05, 0) is 42.3 Å². The maximum atomic E-state index is 14.3. The van der Waals surface area contributed by atoms with Crippen molar-refractivity contribution >= 4 is 34.3 Å². The van der Waals surface area contributed by atoms with Gasteiger partial charge in [0.1, 0.15) is 11.1 Å². The molecule has 170 valence electrons. The summed E-state index contributed by atoms with van der Waals surface area (Å²) in [6, 6.07) is 9.63. The highest BCUT2D eigenvalue weighted by molar-refractivity contribution is 6.33. The lowest BCUT2D eigenvalue weighted by atomic mass is 10.1. The Kier molecular flexibility index (Phi) is 5.99. The van der Waals surface area contributed by atoms with Gasteiger partial charge in [0.05, 0.1) is 17.7 Å². The number of nitrogens with one attached hydrogen (secondary N) is 1. The van der Waals surface area contributed by atoms with Gasteiger partial charge in [-0.2, -0.15) is 8.78 Å². The first kappa shape index (κ1) is 22.6. The Labute approximate surface area is 189 Å². The van der Waals surface area contributed by atoms with E-state index in [1.807, 2.05) is 19.1 Å². The van der Waals surface area contributed by atoms with Crippen LogP contribution in [0.2, 0.25) is 5.02 Å². The lowest BCUT2D eigenvalue weighted by Gasteiger charge is -2.12. The van der Waals surface area contributed by atoms with Crippen LogP contribution in [0.3, 0.4) is 0 Å². The van der Waals surface area contributed by atoms with Crippen molar-refractivity contribution in [3.05, 3.63) is 75.8 Å². The summed E-state index contributed by atoms with van der Waals surface area (Å²) in [5.74, 6) is -9.95. The molecule has 0 aliphatic carbocycles. The molecule has 1 heterocycles. The molecule has 0 spiro atoms. The van der Waals surface area contributed by atoms with E-state index in [9.17, 15) is 22.4 Å². The number of hydrogen-bond acceptors (Lipinski definition) is 4. The molecule has 0 atom stereocenters. The molecule has 4 aromatic rings. The van der Waals surface area contributed by atoms with Gasteiger partial charge in [0, 0.05) is 5.69 Å². The Bertz CT molecular complexity index is 1380. The Morgan fingerprint density at radius 2 is 1.76 bits per heavy atom. The molecule has 4 rings (SSSR count). The molecule has 1 N–H and O–H groups in total. The molecule has 0 saturated carbocycles. The molecule has 0 saturated heterocycles. The van der Waals surface area contributed by atoms with Crippen LogP contribution in [0.1, 0.15) is 22.8 Å². The zero-order valence-corrected chi connectivity index (χ0v) is 18.0. The molecule has 3 aromatic carbocycles. The quantitative estimate of drug-likeness (QED) is 0.262. The fourth-order valence-corrected chi connectivity index (χ4v) is 3.46. The molecule has 33 heavy (non-hydrogen) atoms. The van der Waals surface area contributed by atoms with E-state index in [2.05, 4.69) is 15.0 Å². The lowest BCUT2D eigenvalue weighted by Crippen LogP contribution is -2.19. The van der Waals surface area contributed by atoms with E-state index >= 15 is 0 Å². The van der Waals surface area contributed by atoms with E-state index < -0.39 is 40.5 Å². The standard InChI is InChI=1S/C23H15ClF4N2O3/c1-3-10-4-7-15-14(8-10)30-23(33-15)12-9-11(5-6-13(12)24)29-22(31)16-17(25)19(27)21(32-2)20(28)18(16)26/h4-9H,3H2,1-2H3,(H,29,31). The summed E-state index contributed by atoms with van der Waals surface area (Å²) in [6.07, 6.45) is 0.806. The van der Waals surface area contributed by atoms with E-state index in [4.69, 9.17) is 16.0 Å². The average Bonchev–Trinajstić information content (AvgIpc) is 3.22. The second-order valence-corrected chi connectivity index (χ2v) is 7.39. The van der Waals surface area contributed by atoms with E-state index in [-0.39, 0.29) is 22.2 Å². The van der Waals surface area contributed by atoms with Crippen LogP contribution < -0.4 is 10.1 Å². The lowest BCUT2D eigenvalue weighted by molar-refractivity contribution is 0.101. The number of methoxy groups -OCH3 is 1. The predicted molar refractivity (Wildman–Crippen MR) is 115 cm³/mol. The molecule has 1 amide bonds. The minimum atomic E-state index is -1.89. The van der Waals surface area contributed by atoms with Crippen LogP contribution in [0.4, 0.5) is 23.2 Å². The number of rotatable bonds is 5. The van der Waals surface area contributed by atoms with Crippen molar-refractivity contribution in [2.24, 2.45) is 0 Å². The number of anilines is 1. The fraction of sp³-hybridized carbons (Fsp3) is 0.130. The fourth-order valence-electron chi connectivity index (χ4n) is 3.26. The molecule has 0 bridgehead atoms. The smallest absolute Gasteiger partial charge is 0.261 e. The van der Waals surface area contributed by atoms with E-state index in [0.29, 0.717) is 11.1 Å². The highest BCUT2D eigenvalue weighted by Gasteiger charge is 2.30. The van der Waals surface area contributed by atoms with Gasteiger partial charge >= 0.3 is 0 Å². The summed E-state index contributed by atoms with van der Waals surface area (Å²) in [7, 11) is 0.838. The van der Waals surface area contributed by atoms with Gasteiger partial charge < -0.3 is 14.5 Å². The van der Waals surface area contributed by atoms with E-state index in [0.717, 1.165) is 19.1 Å². The molecule has 0 aliphatic heterocycles. The highest BCUT2D eigenvalue weighted by atomic mass is 35.5. The third-order valence-electron chi connectivity index (χ3n) is 4.97. The number of hydrogen-bond donors (Lipinski definition) is 1. The Morgan fingerprint density at radius 3 is 2.39 bits per heavy atom. The highest BCUT2D eigenvalue weighted by Crippen LogP contribution is 2.34. The van der Waals surface area contributed by atoms with Gasteiger partial charge in [0.15, 0.2) is 23.0 Å². The van der Waals surface area contributed by atoms with Crippen molar-refractivity contribution in [1.82, 2.24) is 4.98 Å². The summed E-state index contributed by atoms with van der Waals surface area (Å²) in [4.78, 5) is 16.9. The third kappa shape index (κ3) is 4.00. The van der Waals surface area contributed by atoms with Gasteiger partial charge in [-0.3, -0.25) is 4.79 Å². The second kappa shape index (κ2) is 8.74. The number of halogens is 5. The van der Waals surface area contributed by atoms with Crippen LogP contribution in [0.25, 0.3) is 22.6 Å². The predicted octanol–water partition coefficient (Wildman–Crippen LogP) is 6.53. The van der Waals surface area contributed by atoms with Crippen LogP contribution in [0, 0.1) is 23.3 Å². The van der Waals surface area contributed by atoms with Gasteiger partial charge in [0.2, 0.25) is 17.5 Å². The molecular formula is C23H15ClF4N2O3. The summed E-state index contributed by atoms with van der Waals surface area (Å²) >= 11 is 6.25. The molecule has 0 unspecified atom stereocenters. The third-order valence-corrected chi connectivity index (χ3v) is 5.30. The molecular weight excluding hydrogens is 464 g/mol. The number of benzene rings is 3. The van der Waals surface area contributed by atoms with E-state index in [1.165, 1.54) is 18.2 Å². The van der Waals surface area contributed by atoms with Crippen LogP contribution in [0.5, 0.6) is 5.75 Å². The molecule has 0 fully saturated rings. The number of ether oxygens (including phenoxy) is 1. The molecule has 5 nitrogen and oxygen atoms in total. The zero-order valence-electron chi connectivity index (χ0n) is 17.2. The van der Waals surface area contributed by atoms with Gasteiger partial charge in [-0.15, -0.1) is 0 Å². The maximum absolute atomic E-state index is 14.3. The number of carbonyl (C=O) groups is 1. The SMILES string of the molecule is CCc1ccc2oc(-c3cc(NC(=O)c4c(F)c(F)c(OC)c(F)c4F)ccc3Cl)nc2c1. The van der Waals surface area contributed by atoms with Crippen LogP contribution >= 0.6 is 11.6 Å². The van der Waals surface area contributed by atoms with Crippen LogP contribution in [0.15, 0.2) is 40.8 Å². The monoisotopic (exact) mass is 478 g/mol. The first-order valence-corrected chi connectivity index (χ1v) is 10.0. The Hall–Kier alpha value is -3.59. The Morgan fingerprint density at radius 1 is 1.06 bits per heavy atom. The van der Waals surface area contributed by atoms with Crippen molar-refractivity contribution in [3.63, 3.8) is 0 Å². The average molecular weight is 479 g/mol. The van der Waals surface area contributed by atoms with Crippen LogP contribution in [-0.4, -0.2) is 18.0 Å². The second-order valence-electron chi connectivity index (χ2n) is 6.99. The summed E-state index contributed by atoms with van der Waals surface area (Å²) in [6.45, 7) is 2.00. The van der Waals surface area contributed by atoms with Gasteiger partial charge in [-0.25, -0.2) is 13.8 Å². The minimum absolute atomic E-state index is 0.0336. The summed E-state index contributed by atoms with van der Waals surface area (Å²) < 4.78 is 66.5. The first-order chi connectivity index (χ1) is 15.7. The Balaban J connectivity index is 1.70. The first-order valence-electron chi connectivity index (χ1n) is 9.65. The van der Waals surface area contributed by atoms with Crippen molar-refractivity contribution in [2.45, 2.75) is 13.3 Å². The summed E-state index contributed by atoms with van der Waals surface area (Å²) in [5.41, 5.74) is 1.06. The number of aryl methyl sites for hydroxylation is 1. The van der Waals surface area contributed by atoms with Crippen molar-refractivity contribution in [1.29, 1.82) is 0 Å². The van der Waals surface area contributed by atoms with Crippen molar-refractivity contribution in [2.75, 3.05) is 12.4 Å². The minimum Gasteiger partial charge on any atom is -0.491 e. The zero-order chi connectivity index (χ0) is 23.9.